The Balaban J connectivity index is 1.34. The van der Waals surface area contributed by atoms with Crippen LogP contribution in [0.4, 0.5) is 5.69 Å². The van der Waals surface area contributed by atoms with Gasteiger partial charge in [0.05, 0.1) is 12.1 Å². The van der Waals surface area contributed by atoms with E-state index in [4.69, 9.17) is 4.74 Å². The van der Waals surface area contributed by atoms with E-state index in [-0.39, 0.29) is 18.2 Å². The van der Waals surface area contributed by atoms with E-state index in [9.17, 15) is 9.59 Å². The Morgan fingerprint density at radius 1 is 1.19 bits per heavy atom. The number of para-hydroxylation sites is 3. The fraction of sp³-hybridized carbons (Fsp3) is 0.238. The van der Waals surface area contributed by atoms with Gasteiger partial charge in [-0.25, -0.2) is 0 Å². The molecule has 0 aliphatic carbocycles. The molecule has 2 aromatic carbocycles. The molecule has 0 fully saturated rings. The molecule has 0 saturated carbocycles. The summed E-state index contributed by atoms with van der Waals surface area (Å²) in [5, 5.41) is 4.05. The van der Waals surface area contributed by atoms with Gasteiger partial charge < -0.3 is 19.9 Å². The number of carbonyl (C=O) groups is 2. The molecule has 2 heterocycles. The van der Waals surface area contributed by atoms with E-state index >= 15 is 0 Å². The van der Waals surface area contributed by atoms with Crippen LogP contribution in [0.2, 0.25) is 0 Å². The topological polar surface area (TPSA) is 74.4 Å². The Morgan fingerprint density at radius 2 is 1.96 bits per heavy atom. The van der Waals surface area contributed by atoms with Crippen molar-refractivity contribution in [3.8, 4) is 5.75 Å². The largest absolute Gasteiger partial charge is 0.478 e. The lowest BCUT2D eigenvalue weighted by Gasteiger charge is -2.31. The molecule has 0 saturated heterocycles. The zero-order chi connectivity index (χ0) is 18.8. The Labute approximate surface area is 157 Å². The Bertz CT molecular complexity index is 995. The van der Waals surface area contributed by atoms with Crippen molar-refractivity contribution in [1.29, 1.82) is 0 Å². The highest BCUT2D eigenvalue weighted by Crippen LogP contribution is 2.33. The van der Waals surface area contributed by atoms with Crippen LogP contribution in [0.1, 0.15) is 12.0 Å². The number of ether oxygens (including phenoxy) is 1. The number of carbonyl (C=O) groups excluding carboxylic acids is 2. The number of H-pyrrole nitrogens is 1. The first-order chi connectivity index (χ1) is 13.1. The smallest absolute Gasteiger partial charge is 0.268 e. The van der Waals surface area contributed by atoms with Gasteiger partial charge in [-0.3, -0.25) is 9.59 Å². The van der Waals surface area contributed by atoms with Gasteiger partial charge in [0.2, 0.25) is 5.91 Å². The first-order valence-corrected chi connectivity index (χ1v) is 8.98. The summed E-state index contributed by atoms with van der Waals surface area (Å²) in [7, 11) is 1.70. The lowest BCUT2D eigenvalue weighted by atomic mass is 10.1. The third-order valence-electron chi connectivity index (χ3n) is 4.86. The van der Waals surface area contributed by atoms with Crippen LogP contribution < -0.4 is 15.0 Å². The molecule has 1 atom stereocenters. The highest BCUT2D eigenvalue weighted by Gasteiger charge is 2.33. The van der Waals surface area contributed by atoms with Crippen molar-refractivity contribution in [2.24, 2.45) is 0 Å². The molecule has 0 radical (unpaired) electrons. The third-order valence-corrected chi connectivity index (χ3v) is 4.86. The molecule has 0 spiro atoms. The molecular weight excluding hydrogens is 342 g/mol. The second-order valence-electron chi connectivity index (χ2n) is 6.64. The average molecular weight is 363 g/mol. The highest BCUT2D eigenvalue weighted by molar-refractivity contribution is 6.01. The van der Waals surface area contributed by atoms with Crippen molar-refractivity contribution >= 4 is 28.4 Å². The van der Waals surface area contributed by atoms with Crippen LogP contribution in [0, 0.1) is 0 Å². The second kappa shape index (κ2) is 7.15. The summed E-state index contributed by atoms with van der Waals surface area (Å²) in [5.74, 6) is 0.220. The van der Waals surface area contributed by atoms with Crippen molar-refractivity contribution in [1.82, 2.24) is 10.3 Å². The van der Waals surface area contributed by atoms with E-state index in [1.54, 1.807) is 18.0 Å². The van der Waals surface area contributed by atoms with Crippen LogP contribution in [0.5, 0.6) is 5.75 Å². The van der Waals surface area contributed by atoms with Gasteiger partial charge in [-0.1, -0.05) is 30.3 Å². The number of hydrogen-bond acceptors (Lipinski definition) is 3. The van der Waals surface area contributed by atoms with Gasteiger partial charge >= 0.3 is 0 Å². The monoisotopic (exact) mass is 363 g/mol. The number of anilines is 1. The predicted molar refractivity (Wildman–Crippen MR) is 104 cm³/mol. The van der Waals surface area contributed by atoms with Crippen LogP contribution in [0.25, 0.3) is 10.9 Å². The fourth-order valence-electron chi connectivity index (χ4n) is 3.42. The van der Waals surface area contributed by atoms with Crippen molar-refractivity contribution < 1.29 is 14.3 Å². The van der Waals surface area contributed by atoms with Gasteiger partial charge in [0.25, 0.3) is 5.91 Å². The van der Waals surface area contributed by atoms with Gasteiger partial charge in [-0.15, -0.1) is 0 Å². The molecule has 1 aliphatic rings. The Kier molecular flexibility index (Phi) is 4.54. The number of aromatic nitrogens is 1. The normalized spacial score (nSPS) is 16.1. The number of benzene rings is 2. The van der Waals surface area contributed by atoms with Crippen LogP contribution in [0.15, 0.2) is 54.7 Å². The van der Waals surface area contributed by atoms with Crippen LogP contribution in [-0.2, 0) is 16.0 Å². The SMILES string of the molecule is CN1C(=O)C(CC(=O)NCCc2c[nH]c3ccccc23)Oc2ccccc21. The molecule has 1 aliphatic heterocycles. The standard InChI is InChI=1S/C21H21N3O3/c1-24-17-8-4-5-9-18(17)27-19(21(24)26)12-20(25)22-11-10-14-13-23-16-7-3-2-6-15(14)16/h2-9,13,19,23H,10-12H2,1H3,(H,22,25). The van der Waals surface area contributed by atoms with Crippen LogP contribution >= 0.6 is 0 Å². The van der Waals surface area contributed by atoms with Crippen molar-refractivity contribution in [3.05, 3.63) is 60.3 Å². The third kappa shape index (κ3) is 3.38. The van der Waals surface area contributed by atoms with Crippen molar-refractivity contribution in [3.63, 3.8) is 0 Å². The molecule has 1 unspecified atom stereocenters. The zero-order valence-electron chi connectivity index (χ0n) is 15.1. The minimum Gasteiger partial charge on any atom is -0.478 e. The number of amides is 2. The molecule has 2 amide bonds. The summed E-state index contributed by atoms with van der Waals surface area (Å²) < 4.78 is 5.74. The molecule has 0 bridgehead atoms. The number of fused-ring (bicyclic) bond motifs is 2. The summed E-state index contributed by atoms with van der Waals surface area (Å²) in [6.07, 6.45) is 1.90. The van der Waals surface area contributed by atoms with Gasteiger partial charge in [-0.2, -0.15) is 0 Å². The zero-order valence-corrected chi connectivity index (χ0v) is 15.1. The van der Waals surface area contributed by atoms with Crippen LogP contribution in [0.3, 0.4) is 0 Å². The maximum absolute atomic E-state index is 12.4. The quantitative estimate of drug-likeness (QED) is 0.732. The average Bonchev–Trinajstić information content (AvgIpc) is 3.09. The maximum Gasteiger partial charge on any atom is 0.268 e. The molecule has 3 aromatic rings. The highest BCUT2D eigenvalue weighted by atomic mass is 16.5. The second-order valence-corrected chi connectivity index (χ2v) is 6.64. The molecule has 27 heavy (non-hydrogen) atoms. The van der Waals surface area contributed by atoms with E-state index in [0.29, 0.717) is 12.3 Å². The Morgan fingerprint density at radius 3 is 2.85 bits per heavy atom. The number of nitrogens with one attached hydrogen (secondary N) is 2. The fourth-order valence-corrected chi connectivity index (χ4v) is 3.42. The Hall–Kier alpha value is -3.28. The van der Waals surface area contributed by atoms with E-state index in [2.05, 4.69) is 16.4 Å². The van der Waals surface area contributed by atoms with Crippen molar-refractivity contribution in [2.45, 2.75) is 18.9 Å². The number of aromatic amines is 1. The summed E-state index contributed by atoms with van der Waals surface area (Å²) in [6, 6.07) is 15.4. The summed E-state index contributed by atoms with van der Waals surface area (Å²) in [6.45, 7) is 0.508. The number of hydrogen-bond donors (Lipinski definition) is 2. The molecule has 6 nitrogen and oxygen atoms in total. The van der Waals surface area contributed by atoms with E-state index in [1.807, 2.05) is 42.6 Å². The predicted octanol–water partition coefficient (Wildman–Crippen LogP) is 2.64. The molecular formula is C21H21N3O3. The van der Waals surface area contributed by atoms with E-state index in [1.165, 1.54) is 0 Å². The molecule has 4 rings (SSSR count). The van der Waals surface area contributed by atoms with E-state index in [0.717, 1.165) is 28.6 Å². The summed E-state index contributed by atoms with van der Waals surface area (Å²) >= 11 is 0. The molecule has 2 N–H and O–H groups in total. The van der Waals surface area contributed by atoms with Gasteiger partial charge in [0.15, 0.2) is 6.10 Å². The summed E-state index contributed by atoms with van der Waals surface area (Å²) in [5.41, 5.74) is 2.96. The molecule has 6 heteroatoms. The molecule has 1 aromatic heterocycles. The van der Waals surface area contributed by atoms with E-state index < -0.39 is 6.10 Å². The minimum absolute atomic E-state index is 0.00535. The lowest BCUT2D eigenvalue weighted by Crippen LogP contribution is -2.46. The summed E-state index contributed by atoms with van der Waals surface area (Å²) in [4.78, 5) is 29.5. The number of likely N-dealkylation sites (N-methyl/N-ethyl adjacent to an activating group) is 1. The van der Waals surface area contributed by atoms with Gasteiger partial charge in [0.1, 0.15) is 5.75 Å². The van der Waals surface area contributed by atoms with Gasteiger partial charge in [-0.05, 0) is 30.2 Å². The molecule has 138 valence electrons. The lowest BCUT2D eigenvalue weighted by molar-refractivity contribution is -0.132. The van der Waals surface area contributed by atoms with Crippen LogP contribution in [-0.4, -0.2) is 36.5 Å². The first-order valence-electron chi connectivity index (χ1n) is 8.98. The van der Waals surface area contributed by atoms with Gasteiger partial charge in [0, 0.05) is 30.7 Å². The maximum atomic E-state index is 12.4. The first kappa shape index (κ1) is 17.1. The number of rotatable bonds is 5. The number of nitrogens with zero attached hydrogens (tertiary/aromatic N) is 1. The minimum atomic E-state index is -0.794. The van der Waals surface area contributed by atoms with Crippen molar-refractivity contribution in [2.75, 3.05) is 18.5 Å².